The molecule has 7 nitrogen and oxygen atoms in total. The molecule has 148 valence electrons. The van der Waals surface area contributed by atoms with Gasteiger partial charge in [-0.05, 0) is 17.5 Å². The van der Waals surface area contributed by atoms with Gasteiger partial charge in [-0.1, -0.05) is 44.0 Å². The summed E-state index contributed by atoms with van der Waals surface area (Å²) in [7, 11) is 3.36. The first-order chi connectivity index (χ1) is 12.9. The first-order valence-corrected chi connectivity index (χ1v) is 9.38. The van der Waals surface area contributed by atoms with E-state index in [9.17, 15) is 19.6 Å². The normalized spacial score (nSPS) is 17.0. The zero-order valence-corrected chi connectivity index (χ0v) is 16.3. The average Bonchev–Trinajstić information content (AvgIpc) is 2.68. The summed E-state index contributed by atoms with van der Waals surface area (Å²) in [4.78, 5) is 40.0. The van der Waals surface area contributed by atoms with Crippen molar-refractivity contribution in [2.75, 3.05) is 20.6 Å². The Bertz CT molecular complexity index is 677. The summed E-state index contributed by atoms with van der Waals surface area (Å²) in [6, 6.07) is 7.24. The van der Waals surface area contributed by atoms with Crippen LogP contribution < -0.4 is 0 Å². The fourth-order valence-corrected chi connectivity index (χ4v) is 3.52. The van der Waals surface area contributed by atoms with Crippen molar-refractivity contribution in [3.63, 3.8) is 0 Å². The molecule has 1 N–H and O–H groups in total. The number of hydrogen-bond donors (Lipinski definition) is 1. The molecule has 2 atom stereocenters. The van der Waals surface area contributed by atoms with E-state index in [2.05, 4.69) is 0 Å². The highest BCUT2D eigenvalue weighted by Gasteiger charge is 2.38. The molecule has 1 heterocycles. The third-order valence-corrected chi connectivity index (χ3v) is 5.04. The van der Waals surface area contributed by atoms with Crippen molar-refractivity contribution in [2.45, 2.75) is 45.2 Å². The Balaban J connectivity index is 2.32. The molecule has 0 saturated heterocycles. The molecule has 1 aliphatic heterocycles. The molecule has 0 bridgehead atoms. The van der Waals surface area contributed by atoms with Crippen LogP contribution >= 0.6 is 0 Å². The maximum absolute atomic E-state index is 13.3. The summed E-state index contributed by atoms with van der Waals surface area (Å²) in [5, 5.41) is 10.1. The third-order valence-electron chi connectivity index (χ3n) is 5.04. The van der Waals surface area contributed by atoms with E-state index in [1.807, 2.05) is 31.2 Å². The minimum absolute atomic E-state index is 0.0661. The summed E-state index contributed by atoms with van der Waals surface area (Å²) < 4.78 is 0. The highest BCUT2D eigenvalue weighted by Crippen LogP contribution is 2.27. The smallest absolute Gasteiger partial charge is 0.245 e. The maximum atomic E-state index is 13.3. The number of benzene rings is 1. The van der Waals surface area contributed by atoms with Gasteiger partial charge in [0, 0.05) is 27.1 Å². The van der Waals surface area contributed by atoms with Gasteiger partial charge in [0.05, 0.1) is 12.5 Å². The second-order valence-corrected chi connectivity index (χ2v) is 7.25. The lowest BCUT2D eigenvalue weighted by Gasteiger charge is -2.39. The molecular weight excluding hydrogens is 346 g/mol. The van der Waals surface area contributed by atoms with Gasteiger partial charge in [-0.2, -0.15) is 0 Å². The van der Waals surface area contributed by atoms with Crippen molar-refractivity contribution in [3.05, 3.63) is 35.4 Å². The van der Waals surface area contributed by atoms with E-state index in [0.717, 1.165) is 24.0 Å². The number of likely N-dealkylation sites (N-methyl/N-ethyl adjacent to an activating group) is 1. The average molecular weight is 375 g/mol. The van der Waals surface area contributed by atoms with Gasteiger partial charge in [-0.25, -0.2) is 5.06 Å². The van der Waals surface area contributed by atoms with Gasteiger partial charge in [0.15, 0.2) is 0 Å². The Hall–Kier alpha value is -2.41. The largest absolute Gasteiger partial charge is 0.347 e. The fourth-order valence-electron chi connectivity index (χ4n) is 3.52. The van der Waals surface area contributed by atoms with Crippen molar-refractivity contribution in [1.29, 1.82) is 0 Å². The molecule has 0 aromatic heterocycles. The van der Waals surface area contributed by atoms with E-state index in [4.69, 9.17) is 0 Å². The van der Waals surface area contributed by atoms with E-state index < -0.39 is 12.0 Å². The zero-order chi connectivity index (χ0) is 20.0. The van der Waals surface area contributed by atoms with Gasteiger partial charge in [0.2, 0.25) is 18.2 Å². The van der Waals surface area contributed by atoms with Crippen LogP contribution in [0.5, 0.6) is 0 Å². The lowest BCUT2D eigenvalue weighted by molar-refractivity contribution is -0.160. The maximum Gasteiger partial charge on any atom is 0.245 e. The van der Waals surface area contributed by atoms with Crippen molar-refractivity contribution in [3.8, 4) is 0 Å². The molecule has 0 radical (unpaired) electrons. The molecule has 7 heteroatoms. The van der Waals surface area contributed by atoms with Crippen LogP contribution in [0, 0.1) is 5.92 Å². The third kappa shape index (κ3) is 5.07. The van der Waals surface area contributed by atoms with Gasteiger partial charge in [0.25, 0.3) is 0 Å². The topological polar surface area (TPSA) is 81.2 Å². The molecular formula is C20H29N3O4. The molecule has 2 rings (SSSR count). The van der Waals surface area contributed by atoms with Crippen molar-refractivity contribution in [2.24, 2.45) is 5.92 Å². The van der Waals surface area contributed by atoms with Gasteiger partial charge in [-0.3, -0.25) is 19.6 Å². The van der Waals surface area contributed by atoms with E-state index >= 15 is 0 Å². The summed E-state index contributed by atoms with van der Waals surface area (Å²) in [5.41, 5.74) is 2.10. The summed E-state index contributed by atoms with van der Waals surface area (Å²) in [5.74, 6) is -0.856. The Kier molecular flexibility index (Phi) is 7.36. The van der Waals surface area contributed by atoms with Crippen LogP contribution in [0.15, 0.2) is 24.3 Å². The minimum Gasteiger partial charge on any atom is -0.347 e. The molecule has 1 aromatic carbocycles. The van der Waals surface area contributed by atoms with E-state index in [-0.39, 0.29) is 18.4 Å². The molecule has 27 heavy (non-hydrogen) atoms. The van der Waals surface area contributed by atoms with E-state index in [1.165, 1.54) is 4.90 Å². The Morgan fingerprint density at radius 1 is 1.30 bits per heavy atom. The van der Waals surface area contributed by atoms with Crippen LogP contribution in [0.4, 0.5) is 0 Å². The Morgan fingerprint density at radius 3 is 2.56 bits per heavy atom. The van der Waals surface area contributed by atoms with Crippen LogP contribution in [-0.2, 0) is 27.3 Å². The molecule has 0 spiro atoms. The summed E-state index contributed by atoms with van der Waals surface area (Å²) >= 11 is 0. The van der Waals surface area contributed by atoms with Gasteiger partial charge in [-0.15, -0.1) is 0 Å². The van der Waals surface area contributed by atoms with Gasteiger partial charge < -0.3 is 9.80 Å². The van der Waals surface area contributed by atoms with Crippen LogP contribution in [-0.4, -0.2) is 65.0 Å². The zero-order valence-electron chi connectivity index (χ0n) is 16.3. The summed E-state index contributed by atoms with van der Waals surface area (Å²) in [6.07, 6.45) is 3.04. The highest BCUT2D eigenvalue weighted by atomic mass is 16.5. The highest BCUT2D eigenvalue weighted by molar-refractivity contribution is 5.89. The predicted molar refractivity (Wildman–Crippen MR) is 101 cm³/mol. The number of unbranched alkanes of at least 4 members (excludes halogenated alkanes) is 1. The molecule has 0 aliphatic carbocycles. The lowest BCUT2D eigenvalue weighted by atomic mass is 9.91. The number of hydrogen-bond acceptors (Lipinski definition) is 4. The van der Waals surface area contributed by atoms with Crippen LogP contribution in [0.2, 0.25) is 0 Å². The van der Waals surface area contributed by atoms with E-state index in [0.29, 0.717) is 30.9 Å². The second-order valence-electron chi connectivity index (χ2n) is 7.25. The standard InChI is InChI=1S/C20H29N3O4/c1-4-5-8-17(12-22(27)14-24)19(25)23-13-16-10-7-6-9-15(16)11-18(23)20(26)21(2)3/h6-7,9-10,14,17-18,27H,4-5,8,11-13H2,1-3H3/t17-,18+/m1/s1. The number of hydroxylamine groups is 2. The number of fused-ring (bicyclic) bond motifs is 1. The fraction of sp³-hybridized carbons (Fsp3) is 0.550. The lowest BCUT2D eigenvalue weighted by Crippen LogP contribution is -2.54. The van der Waals surface area contributed by atoms with Gasteiger partial charge >= 0.3 is 0 Å². The Morgan fingerprint density at radius 2 is 1.96 bits per heavy atom. The molecule has 0 unspecified atom stereocenters. The summed E-state index contributed by atoms with van der Waals surface area (Å²) in [6.45, 7) is 2.31. The minimum atomic E-state index is -0.574. The number of amides is 3. The van der Waals surface area contributed by atoms with E-state index in [1.54, 1.807) is 19.0 Å². The first kappa shape index (κ1) is 20.9. The molecule has 1 aromatic rings. The van der Waals surface area contributed by atoms with Crippen LogP contribution in [0.1, 0.15) is 37.3 Å². The molecule has 0 fully saturated rings. The molecule has 0 saturated carbocycles. The van der Waals surface area contributed by atoms with Crippen LogP contribution in [0.3, 0.4) is 0 Å². The predicted octanol–water partition coefficient (Wildman–Crippen LogP) is 1.68. The van der Waals surface area contributed by atoms with Crippen LogP contribution in [0.25, 0.3) is 0 Å². The first-order valence-electron chi connectivity index (χ1n) is 9.38. The molecule has 1 aliphatic rings. The van der Waals surface area contributed by atoms with Crippen molar-refractivity contribution < 1.29 is 19.6 Å². The quantitative estimate of drug-likeness (QED) is 0.426. The number of carbonyl (C=O) groups is 3. The number of rotatable bonds is 8. The van der Waals surface area contributed by atoms with Crippen molar-refractivity contribution in [1.82, 2.24) is 14.9 Å². The monoisotopic (exact) mass is 375 g/mol. The number of carbonyl (C=O) groups excluding carboxylic acids is 3. The number of nitrogens with zero attached hydrogens (tertiary/aromatic N) is 3. The Labute approximate surface area is 160 Å². The SMILES string of the molecule is CCCC[C@H](CN(O)C=O)C(=O)N1Cc2ccccc2C[C@H]1C(=O)N(C)C. The van der Waals surface area contributed by atoms with Crippen molar-refractivity contribution >= 4 is 18.2 Å². The second kappa shape index (κ2) is 9.50. The molecule has 3 amide bonds. The van der Waals surface area contributed by atoms with Gasteiger partial charge in [0.1, 0.15) is 6.04 Å².